The molecule has 0 saturated heterocycles. The van der Waals surface area contributed by atoms with Gasteiger partial charge in [0.1, 0.15) is 5.82 Å². The van der Waals surface area contributed by atoms with Gasteiger partial charge in [0.05, 0.1) is 15.5 Å². The average Bonchev–Trinajstić information content (AvgIpc) is 2.75. The number of aromatic nitrogens is 2. The Morgan fingerprint density at radius 2 is 1.86 bits per heavy atom. The van der Waals surface area contributed by atoms with Crippen LogP contribution in [0, 0.1) is 5.82 Å². The molecule has 0 saturated carbocycles. The highest BCUT2D eigenvalue weighted by Crippen LogP contribution is 2.28. The quantitative estimate of drug-likeness (QED) is 0.769. The summed E-state index contributed by atoms with van der Waals surface area (Å²) >= 11 is 3.16. The van der Waals surface area contributed by atoms with Crippen LogP contribution in [0.3, 0.4) is 0 Å². The summed E-state index contributed by atoms with van der Waals surface area (Å²) in [5.74, 6) is -0.00587. The number of halogens is 2. The van der Waals surface area contributed by atoms with Crippen LogP contribution in [-0.4, -0.2) is 23.6 Å². The average molecular weight is 349 g/mol. The summed E-state index contributed by atoms with van der Waals surface area (Å²) in [5.41, 5.74) is 9.21. The van der Waals surface area contributed by atoms with E-state index in [9.17, 15) is 4.39 Å². The molecule has 0 atom stereocenters. The summed E-state index contributed by atoms with van der Waals surface area (Å²) in [6.45, 7) is 0. The molecule has 0 aliphatic heterocycles. The lowest BCUT2D eigenvalue weighted by molar-refractivity contribution is 0.622. The number of benzene rings is 2. The third-order valence-electron chi connectivity index (χ3n) is 3.35. The third kappa shape index (κ3) is 2.35. The van der Waals surface area contributed by atoms with Gasteiger partial charge in [-0.05, 0) is 46.3 Å². The van der Waals surface area contributed by atoms with Crippen molar-refractivity contribution in [3.8, 4) is 5.69 Å². The highest BCUT2D eigenvalue weighted by atomic mass is 79.9. The van der Waals surface area contributed by atoms with Crippen molar-refractivity contribution in [2.75, 3.05) is 24.7 Å². The number of nitrogens with two attached hydrogens (primary N) is 1. The molecular formula is C15H14BrFN4. The molecule has 3 aromatic rings. The van der Waals surface area contributed by atoms with Crippen molar-refractivity contribution in [2.45, 2.75) is 0 Å². The standard InChI is InChI=1S/C15H14BrFN4/c1-20(2)9-3-5-10(6-4-9)21-14-8-12(17)11(16)7-13(14)19-15(21)18/h3-8H,1-2H3,(H2,18,19). The van der Waals surface area contributed by atoms with Crippen LogP contribution < -0.4 is 10.6 Å². The van der Waals surface area contributed by atoms with E-state index in [4.69, 9.17) is 5.73 Å². The molecule has 108 valence electrons. The first kappa shape index (κ1) is 13.9. The van der Waals surface area contributed by atoms with E-state index >= 15 is 0 Å². The van der Waals surface area contributed by atoms with Crippen molar-refractivity contribution in [1.29, 1.82) is 0 Å². The number of imidazole rings is 1. The second kappa shape index (κ2) is 5.04. The van der Waals surface area contributed by atoms with Gasteiger partial charge in [-0.25, -0.2) is 9.37 Å². The Balaban J connectivity index is 2.19. The van der Waals surface area contributed by atoms with Crippen molar-refractivity contribution >= 4 is 38.6 Å². The van der Waals surface area contributed by atoms with E-state index in [1.165, 1.54) is 6.07 Å². The Labute approximate surface area is 130 Å². The van der Waals surface area contributed by atoms with Gasteiger partial charge in [-0.3, -0.25) is 4.57 Å². The van der Waals surface area contributed by atoms with Crippen LogP contribution in [0.2, 0.25) is 0 Å². The molecule has 0 fully saturated rings. The highest BCUT2D eigenvalue weighted by Gasteiger charge is 2.13. The molecule has 0 amide bonds. The van der Waals surface area contributed by atoms with Gasteiger partial charge in [0.2, 0.25) is 5.95 Å². The fourth-order valence-corrected chi connectivity index (χ4v) is 2.59. The summed E-state index contributed by atoms with van der Waals surface area (Å²) in [6.07, 6.45) is 0. The van der Waals surface area contributed by atoms with Crippen molar-refractivity contribution in [2.24, 2.45) is 0 Å². The van der Waals surface area contributed by atoms with E-state index < -0.39 is 0 Å². The van der Waals surface area contributed by atoms with Crippen LogP contribution in [0.4, 0.5) is 16.0 Å². The number of nitrogen functional groups attached to an aromatic ring is 1. The molecule has 0 unspecified atom stereocenters. The third-order valence-corrected chi connectivity index (χ3v) is 3.95. The largest absolute Gasteiger partial charge is 0.378 e. The molecule has 0 aliphatic carbocycles. The zero-order chi connectivity index (χ0) is 15.1. The van der Waals surface area contributed by atoms with Crippen LogP contribution in [0.25, 0.3) is 16.7 Å². The van der Waals surface area contributed by atoms with E-state index in [1.807, 2.05) is 43.3 Å². The molecule has 4 nitrogen and oxygen atoms in total. The number of nitrogens with zero attached hydrogens (tertiary/aromatic N) is 3. The topological polar surface area (TPSA) is 47.1 Å². The molecule has 0 bridgehead atoms. The fourth-order valence-electron chi connectivity index (χ4n) is 2.26. The number of anilines is 2. The minimum atomic E-state index is -0.339. The summed E-state index contributed by atoms with van der Waals surface area (Å²) in [5, 5.41) is 0. The molecule has 1 heterocycles. The Morgan fingerprint density at radius 3 is 2.48 bits per heavy atom. The van der Waals surface area contributed by atoms with Gasteiger partial charge in [-0.2, -0.15) is 0 Å². The van der Waals surface area contributed by atoms with Gasteiger partial charge in [0.25, 0.3) is 0 Å². The highest BCUT2D eigenvalue weighted by molar-refractivity contribution is 9.10. The van der Waals surface area contributed by atoms with Crippen molar-refractivity contribution < 1.29 is 4.39 Å². The lowest BCUT2D eigenvalue weighted by Gasteiger charge is -2.13. The smallest absolute Gasteiger partial charge is 0.205 e. The van der Waals surface area contributed by atoms with E-state index in [0.717, 1.165) is 11.4 Å². The Morgan fingerprint density at radius 1 is 1.19 bits per heavy atom. The predicted molar refractivity (Wildman–Crippen MR) is 87.5 cm³/mol. The molecule has 6 heteroatoms. The molecular weight excluding hydrogens is 335 g/mol. The summed E-state index contributed by atoms with van der Waals surface area (Å²) < 4.78 is 15.9. The molecule has 3 rings (SSSR count). The van der Waals surface area contributed by atoms with Gasteiger partial charge < -0.3 is 10.6 Å². The summed E-state index contributed by atoms with van der Waals surface area (Å²) in [6, 6.07) is 10.9. The van der Waals surface area contributed by atoms with Crippen LogP contribution >= 0.6 is 15.9 Å². The van der Waals surface area contributed by atoms with Gasteiger partial charge >= 0.3 is 0 Å². The normalized spacial score (nSPS) is 11.0. The number of rotatable bonds is 2. The van der Waals surface area contributed by atoms with Crippen LogP contribution in [-0.2, 0) is 0 Å². The first-order chi connectivity index (χ1) is 9.97. The van der Waals surface area contributed by atoms with E-state index in [0.29, 0.717) is 21.5 Å². The maximum atomic E-state index is 13.8. The van der Waals surface area contributed by atoms with E-state index in [2.05, 4.69) is 20.9 Å². The molecule has 0 radical (unpaired) electrons. The Hall–Kier alpha value is -2.08. The Bertz CT molecular complexity index is 809. The van der Waals surface area contributed by atoms with Crippen molar-refractivity contribution in [1.82, 2.24) is 9.55 Å². The monoisotopic (exact) mass is 348 g/mol. The van der Waals surface area contributed by atoms with Crippen LogP contribution in [0.5, 0.6) is 0 Å². The van der Waals surface area contributed by atoms with Crippen LogP contribution in [0.1, 0.15) is 0 Å². The molecule has 1 aromatic heterocycles. The minimum Gasteiger partial charge on any atom is -0.378 e. The molecule has 2 N–H and O–H groups in total. The summed E-state index contributed by atoms with van der Waals surface area (Å²) in [4.78, 5) is 6.29. The van der Waals surface area contributed by atoms with Gasteiger partial charge in [-0.1, -0.05) is 0 Å². The second-order valence-corrected chi connectivity index (χ2v) is 5.83. The maximum Gasteiger partial charge on any atom is 0.205 e. The molecule has 0 aliphatic rings. The lowest BCUT2D eigenvalue weighted by atomic mass is 10.2. The minimum absolute atomic E-state index is 0.333. The van der Waals surface area contributed by atoms with Crippen LogP contribution in [0.15, 0.2) is 40.9 Å². The zero-order valence-electron chi connectivity index (χ0n) is 11.6. The molecule has 2 aromatic carbocycles. The number of hydrogen-bond acceptors (Lipinski definition) is 3. The number of fused-ring (bicyclic) bond motifs is 1. The lowest BCUT2D eigenvalue weighted by Crippen LogP contribution is -2.08. The van der Waals surface area contributed by atoms with Gasteiger partial charge in [-0.15, -0.1) is 0 Å². The zero-order valence-corrected chi connectivity index (χ0v) is 13.2. The molecule has 21 heavy (non-hydrogen) atoms. The SMILES string of the molecule is CN(C)c1ccc(-n2c(N)nc3cc(Br)c(F)cc32)cc1. The predicted octanol–water partition coefficient (Wildman–Crippen LogP) is 3.58. The van der Waals surface area contributed by atoms with Gasteiger partial charge in [0.15, 0.2) is 0 Å². The van der Waals surface area contributed by atoms with Crippen molar-refractivity contribution in [3.63, 3.8) is 0 Å². The second-order valence-electron chi connectivity index (χ2n) is 4.97. The summed E-state index contributed by atoms with van der Waals surface area (Å²) in [7, 11) is 3.95. The van der Waals surface area contributed by atoms with Gasteiger partial charge in [0, 0.05) is 31.5 Å². The van der Waals surface area contributed by atoms with E-state index in [1.54, 1.807) is 10.6 Å². The fraction of sp³-hybridized carbons (Fsp3) is 0.133. The molecule has 0 spiro atoms. The van der Waals surface area contributed by atoms with E-state index in [-0.39, 0.29) is 5.82 Å². The first-order valence-corrected chi connectivity index (χ1v) is 7.17. The Kier molecular flexibility index (Phi) is 3.33. The van der Waals surface area contributed by atoms with Crippen molar-refractivity contribution in [3.05, 3.63) is 46.7 Å². The number of hydrogen-bond donors (Lipinski definition) is 1. The first-order valence-electron chi connectivity index (χ1n) is 6.38. The maximum absolute atomic E-state index is 13.8.